The Bertz CT molecular complexity index is 1180. The molecule has 3 aromatic rings. The molecule has 0 spiro atoms. The summed E-state index contributed by atoms with van der Waals surface area (Å²) in [4.78, 5) is 37.4. The number of aryl methyl sites for hydroxylation is 1. The van der Waals surface area contributed by atoms with E-state index in [-0.39, 0.29) is 35.5 Å². The average molecular weight is 494 g/mol. The molecule has 10 heteroatoms. The van der Waals surface area contributed by atoms with Crippen LogP contribution in [0.1, 0.15) is 36.0 Å². The molecule has 0 aliphatic carbocycles. The van der Waals surface area contributed by atoms with Crippen molar-refractivity contribution in [3.63, 3.8) is 0 Å². The van der Waals surface area contributed by atoms with E-state index in [2.05, 4.69) is 16.0 Å². The fraction of sp³-hybridized carbons (Fsp3) is 0.136. The van der Waals surface area contributed by atoms with Crippen molar-refractivity contribution in [2.45, 2.75) is 6.92 Å². The average Bonchev–Trinajstić information content (AvgIpc) is 3.11. The van der Waals surface area contributed by atoms with Crippen molar-refractivity contribution in [2.24, 2.45) is 0 Å². The summed E-state index contributed by atoms with van der Waals surface area (Å²) in [5.41, 5.74) is 1.16. The third-order valence-electron chi connectivity index (χ3n) is 4.35. The zero-order chi connectivity index (χ0) is 23.3. The largest absolute Gasteiger partial charge is 0.350 e. The second-order valence-electron chi connectivity index (χ2n) is 6.69. The van der Waals surface area contributed by atoms with Crippen molar-refractivity contribution in [1.29, 1.82) is 0 Å². The van der Waals surface area contributed by atoms with Crippen LogP contribution >= 0.6 is 34.5 Å². The fourth-order valence-corrected chi connectivity index (χ4v) is 4.25. The van der Waals surface area contributed by atoms with Gasteiger partial charge in [0.2, 0.25) is 0 Å². The summed E-state index contributed by atoms with van der Waals surface area (Å²) in [6.07, 6.45) is 0. The number of hydrogen-bond acceptors (Lipinski definition) is 4. The van der Waals surface area contributed by atoms with Gasteiger partial charge in [-0.25, -0.2) is 4.39 Å². The minimum Gasteiger partial charge on any atom is -0.350 e. The molecule has 3 amide bonds. The van der Waals surface area contributed by atoms with E-state index >= 15 is 0 Å². The van der Waals surface area contributed by atoms with Crippen LogP contribution in [0, 0.1) is 12.7 Å². The minimum atomic E-state index is -0.541. The van der Waals surface area contributed by atoms with Gasteiger partial charge >= 0.3 is 0 Å². The number of benzene rings is 2. The smallest absolute Gasteiger partial charge is 0.261 e. The molecule has 0 fully saturated rings. The molecule has 0 atom stereocenters. The van der Waals surface area contributed by atoms with E-state index in [1.807, 2.05) is 0 Å². The molecule has 0 unspecified atom stereocenters. The molecule has 2 aromatic carbocycles. The van der Waals surface area contributed by atoms with E-state index in [0.29, 0.717) is 26.0 Å². The molecule has 3 rings (SSSR count). The van der Waals surface area contributed by atoms with Crippen LogP contribution in [-0.4, -0.2) is 30.8 Å². The van der Waals surface area contributed by atoms with E-state index < -0.39 is 11.7 Å². The molecule has 1 aromatic heterocycles. The Kier molecular flexibility index (Phi) is 7.84. The monoisotopic (exact) mass is 493 g/mol. The molecule has 1 heterocycles. The van der Waals surface area contributed by atoms with Gasteiger partial charge in [0.05, 0.1) is 31.1 Å². The second kappa shape index (κ2) is 10.6. The van der Waals surface area contributed by atoms with Crippen LogP contribution in [0.5, 0.6) is 0 Å². The summed E-state index contributed by atoms with van der Waals surface area (Å²) in [6.45, 7) is 2.16. The van der Waals surface area contributed by atoms with Crippen LogP contribution in [0.25, 0.3) is 0 Å². The molecule has 166 valence electrons. The standard InChI is InChI=1S/C22H18Cl2FN3O3S/c1-12-10-18(28-21(30)15-7-6-13(25)11-17(15)24)32-19(12)22(31)27-9-8-26-20(29)14-4-2-3-5-16(14)23/h2-7,10-11H,8-9H2,1H3,(H,26,29)(H,27,31)(H,28,30). The number of amides is 3. The Morgan fingerprint density at radius 1 is 0.875 bits per heavy atom. The third-order valence-corrected chi connectivity index (χ3v) is 6.14. The van der Waals surface area contributed by atoms with Gasteiger partial charge in [0.1, 0.15) is 5.82 Å². The number of halogens is 3. The summed E-state index contributed by atoms with van der Waals surface area (Å²) in [6, 6.07) is 11.8. The molecular formula is C22H18Cl2FN3O3S. The Balaban J connectivity index is 1.53. The normalized spacial score (nSPS) is 10.5. The van der Waals surface area contributed by atoms with E-state index in [0.717, 1.165) is 23.5 Å². The van der Waals surface area contributed by atoms with Gasteiger partial charge in [-0.2, -0.15) is 0 Å². The van der Waals surface area contributed by atoms with Gasteiger partial charge in [-0.3, -0.25) is 14.4 Å². The van der Waals surface area contributed by atoms with E-state index in [1.54, 1.807) is 37.3 Å². The minimum absolute atomic E-state index is 0.00687. The lowest BCUT2D eigenvalue weighted by Crippen LogP contribution is -2.34. The van der Waals surface area contributed by atoms with Gasteiger partial charge in [-0.1, -0.05) is 35.3 Å². The number of thiophene rings is 1. The molecule has 6 nitrogen and oxygen atoms in total. The van der Waals surface area contributed by atoms with Gasteiger partial charge in [0.25, 0.3) is 17.7 Å². The molecule has 3 N–H and O–H groups in total. The summed E-state index contributed by atoms with van der Waals surface area (Å²) >= 11 is 13.0. The first-order chi connectivity index (χ1) is 15.3. The lowest BCUT2D eigenvalue weighted by Gasteiger charge is -2.08. The number of nitrogens with one attached hydrogen (secondary N) is 3. The highest BCUT2D eigenvalue weighted by Crippen LogP contribution is 2.28. The fourth-order valence-electron chi connectivity index (χ4n) is 2.79. The highest BCUT2D eigenvalue weighted by molar-refractivity contribution is 7.18. The summed E-state index contributed by atoms with van der Waals surface area (Å²) in [5, 5.41) is 8.86. The van der Waals surface area contributed by atoms with Crippen LogP contribution in [0.4, 0.5) is 9.39 Å². The van der Waals surface area contributed by atoms with Crippen molar-refractivity contribution in [3.8, 4) is 0 Å². The van der Waals surface area contributed by atoms with Crippen molar-refractivity contribution < 1.29 is 18.8 Å². The maximum atomic E-state index is 13.2. The SMILES string of the molecule is Cc1cc(NC(=O)c2ccc(F)cc2Cl)sc1C(=O)NCCNC(=O)c1ccccc1Cl. The van der Waals surface area contributed by atoms with E-state index in [9.17, 15) is 18.8 Å². The van der Waals surface area contributed by atoms with Crippen LogP contribution in [0.2, 0.25) is 10.0 Å². The van der Waals surface area contributed by atoms with Crippen LogP contribution in [0.3, 0.4) is 0 Å². The zero-order valence-corrected chi connectivity index (χ0v) is 19.1. The first kappa shape index (κ1) is 23.7. The Morgan fingerprint density at radius 3 is 2.22 bits per heavy atom. The molecular weight excluding hydrogens is 476 g/mol. The Hall–Kier alpha value is -2.94. The van der Waals surface area contributed by atoms with Crippen LogP contribution in [-0.2, 0) is 0 Å². The van der Waals surface area contributed by atoms with Crippen molar-refractivity contribution >= 4 is 57.3 Å². The van der Waals surface area contributed by atoms with Gasteiger partial charge in [0.15, 0.2) is 0 Å². The molecule has 0 aliphatic heterocycles. The predicted octanol–water partition coefficient (Wildman–Crippen LogP) is 4.91. The number of carbonyl (C=O) groups is 3. The topological polar surface area (TPSA) is 87.3 Å². The van der Waals surface area contributed by atoms with Gasteiger partial charge < -0.3 is 16.0 Å². The number of rotatable bonds is 7. The molecule has 0 aliphatic rings. The van der Waals surface area contributed by atoms with Crippen molar-refractivity contribution in [2.75, 3.05) is 18.4 Å². The first-order valence-corrected chi connectivity index (χ1v) is 11.0. The van der Waals surface area contributed by atoms with Crippen molar-refractivity contribution in [1.82, 2.24) is 10.6 Å². The van der Waals surface area contributed by atoms with Gasteiger partial charge in [0, 0.05) is 13.1 Å². The lowest BCUT2D eigenvalue weighted by atomic mass is 10.2. The number of anilines is 1. The zero-order valence-electron chi connectivity index (χ0n) is 16.8. The Labute approximate surface area is 197 Å². The molecule has 0 bridgehead atoms. The molecule has 0 saturated heterocycles. The Morgan fingerprint density at radius 2 is 1.53 bits per heavy atom. The van der Waals surface area contributed by atoms with Gasteiger partial charge in [-0.15, -0.1) is 11.3 Å². The van der Waals surface area contributed by atoms with E-state index in [4.69, 9.17) is 23.2 Å². The maximum absolute atomic E-state index is 13.2. The highest BCUT2D eigenvalue weighted by atomic mass is 35.5. The van der Waals surface area contributed by atoms with E-state index in [1.165, 1.54) is 6.07 Å². The molecule has 0 saturated carbocycles. The maximum Gasteiger partial charge on any atom is 0.261 e. The van der Waals surface area contributed by atoms with Crippen molar-refractivity contribution in [3.05, 3.63) is 86.0 Å². The first-order valence-electron chi connectivity index (χ1n) is 9.44. The molecule has 0 radical (unpaired) electrons. The summed E-state index contributed by atoms with van der Waals surface area (Å²) in [7, 11) is 0. The number of hydrogen-bond donors (Lipinski definition) is 3. The van der Waals surface area contributed by atoms with Crippen LogP contribution < -0.4 is 16.0 Å². The summed E-state index contributed by atoms with van der Waals surface area (Å²) in [5.74, 6) is -1.72. The molecule has 32 heavy (non-hydrogen) atoms. The third kappa shape index (κ3) is 5.85. The lowest BCUT2D eigenvalue weighted by molar-refractivity contribution is 0.0929. The van der Waals surface area contributed by atoms with Gasteiger partial charge in [-0.05, 0) is 48.9 Å². The summed E-state index contributed by atoms with van der Waals surface area (Å²) < 4.78 is 13.2. The van der Waals surface area contributed by atoms with Crippen LogP contribution in [0.15, 0.2) is 48.5 Å². The highest BCUT2D eigenvalue weighted by Gasteiger charge is 2.17. The quantitative estimate of drug-likeness (QED) is 0.408. The predicted molar refractivity (Wildman–Crippen MR) is 125 cm³/mol. The number of carbonyl (C=O) groups excluding carboxylic acids is 3. The second-order valence-corrected chi connectivity index (χ2v) is 8.56.